The number of urea groups is 1. The SMILES string of the molecule is CC(C)CN1C(=O)C(=O)N(CC(=O)N[C@@H](C)c2ccc(Cl)cc2Cl)C1=O. The van der Waals surface area contributed by atoms with Crippen molar-refractivity contribution in [1.82, 2.24) is 15.1 Å². The molecule has 1 atom stereocenters. The molecule has 0 aromatic heterocycles. The van der Waals surface area contributed by atoms with Crippen LogP contribution < -0.4 is 5.32 Å². The highest BCUT2D eigenvalue weighted by molar-refractivity contribution is 6.45. The monoisotopic (exact) mass is 399 g/mol. The van der Waals surface area contributed by atoms with Crippen molar-refractivity contribution in [2.45, 2.75) is 26.8 Å². The standard InChI is InChI=1S/C17H19Cl2N3O4/c1-9(2)7-21-15(24)16(25)22(17(21)26)8-14(23)20-10(3)12-5-4-11(18)6-13(12)19/h4-6,9-10H,7-8H2,1-3H3,(H,20,23)/t10-/m0/s1. The van der Waals surface area contributed by atoms with Crippen molar-refractivity contribution in [3.63, 3.8) is 0 Å². The number of amides is 5. The van der Waals surface area contributed by atoms with Crippen molar-refractivity contribution in [3.8, 4) is 0 Å². The highest BCUT2D eigenvalue weighted by Gasteiger charge is 2.45. The quantitative estimate of drug-likeness (QED) is 0.588. The average molecular weight is 400 g/mol. The van der Waals surface area contributed by atoms with Crippen LogP contribution in [-0.2, 0) is 14.4 Å². The average Bonchev–Trinajstić information content (AvgIpc) is 2.72. The van der Waals surface area contributed by atoms with Crippen LogP contribution in [0.2, 0.25) is 10.0 Å². The van der Waals surface area contributed by atoms with E-state index in [9.17, 15) is 19.2 Å². The molecule has 0 radical (unpaired) electrons. The summed E-state index contributed by atoms with van der Waals surface area (Å²) in [6.45, 7) is 4.93. The molecule has 1 aliphatic heterocycles. The molecule has 1 aliphatic rings. The zero-order valence-corrected chi connectivity index (χ0v) is 16.1. The summed E-state index contributed by atoms with van der Waals surface area (Å²) in [5.74, 6) is -2.48. The van der Waals surface area contributed by atoms with Crippen LogP contribution in [0.3, 0.4) is 0 Å². The van der Waals surface area contributed by atoms with Crippen LogP contribution in [0.15, 0.2) is 18.2 Å². The Balaban J connectivity index is 2.04. The van der Waals surface area contributed by atoms with Crippen LogP contribution in [0.1, 0.15) is 32.4 Å². The zero-order chi connectivity index (χ0) is 19.6. The van der Waals surface area contributed by atoms with E-state index in [4.69, 9.17) is 23.2 Å². The molecule has 1 N–H and O–H groups in total. The van der Waals surface area contributed by atoms with Gasteiger partial charge in [0.15, 0.2) is 0 Å². The number of hydrogen-bond acceptors (Lipinski definition) is 4. The molecule has 1 saturated heterocycles. The first kappa shape index (κ1) is 20.2. The van der Waals surface area contributed by atoms with E-state index in [0.717, 1.165) is 4.90 Å². The summed E-state index contributed by atoms with van der Waals surface area (Å²) in [5.41, 5.74) is 0.640. The summed E-state index contributed by atoms with van der Waals surface area (Å²) in [4.78, 5) is 49.9. The number of benzene rings is 1. The van der Waals surface area contributed by atoms with E-state index in [-0.39, 0.29) is 12.5 Å². The van der Waals surface area contributed by atoms with Gasteiger partial charge in [0.05, 0.1) is 6.04 Å². The Kier molecular flexibility index (Phi) is 6.26. The third kappa shape index (κ3) is 4.34. The Morgan fingerprint density at radius 3 is 2.27 bits per heavy atom. The lowest BCUT2D eigenvalue weighted by atomic mass is 10.1. The summed E-state index contributed by atoms with van der Waals surface area (Å²) in [7, 11) is 0. The molecule has 0 saturated carbocycles. The highest BCUT2D eigenvalue weighted by atomic mass is 35.5. The number of nitrogens with one attached hydrogen (secondary N) is 1. The molecule has 0 unspecified atom stereocenters. The molecule has 5 amide bonds. The molecule has 0 spiro atoms. The van der Waals surface area contributed by atoms with Crippen molar-refractivity contribution >= 4 is 47.0 Å². The molecule has 1 aromatic carbocycles. The lowest BCUT2D eigenvalue weighted by Crippen LogP contribution is -2.42. The number of carbonyl (C=O) groups is 4. The Morgan fingerprint density at radius 2 is 1.69 bits per heavy atom. The fourth-order valence-corrected chi connectivity index (χ4v) is 3.15. The first-order valence-corrected chi connectivity index (χ1v) is 8.79. The summed E-state index contributed by atoms with van der Waals surface area (Å²) in [6.07, 6.45) is 0. The van der Waals surface area contributed by atoms with Gasteiger partial charge in [0.2, 0.25) is 5.91 Å². The second-order valence-corrected chi connectivity index (χ2v) is 7.28. The Hall–Kier alpha value is -2.12. The van der Waals surface area contributed by atoms with E-state index in [1.807, 2.05) is 13.8 Å². The normalized spacial score (nSPS) is 15.8. The van der Waals surface area contributed by atoms with Crippen molar-refractivity contribution in [3.05, 3.63) is 33.8 Å². The molecule has 0 bridgehead atoms. The van der Waals surface area contributed by atoms with Crippen LogP contribution in [0.5, 0.6) is 0 Å². The van der Waals surface area contributed by atoms with Gasteiger partial charge in [0, 0.05) is 16.6 Å². The predicted molar refractivity (Wildman–Crippen MR) is 96.7 cm³/mol. The summed E-state index contributed by atoms with van der Waals surface area (Å²) < 4.78 is 0. The van der Waals surface area contributed by atoms with Gasteiger partial charge in [-0.1, -0.05) is 43.1 Å². The lowest BCUT2D eigenvalue weighted by Gasteiger charge is -2.19. The fraction of sp³-hybridized carbons (Fsp3) is 0.412. The van der Waals surface area contributed by atoms with Crippen molar-refractivity contribution < 1.29 is 19.2 Å². The molecule has 2 rings (SSSR count). The third-order valence-electron chi connectivity index (χ3n) is 3.79. The van der Waals surface area contributed by atoms with E-state index in [2.05, 4.69) is 5.32 Å². The highest BCUT2D eigenvalue weighted by Crippen LogP contribution is 2.26. The van der Waals surface area contributed by atoms with Crippen LogP contribution in [-0.4, -0.2) is 46.6 Å². The van der Waals surface area contributed by atoms with Gasteiger partial charge in [-0.25, -0.2) is 9.69 Å². The van der Waals surface area contributed by atoms with Gasteiger partial charge in [-0.05, 0) is 30.5 Å². The first-order chi connectivity index (χ1) is 12.1. The molecule has 7 nitrogen and oxygen atoms in total. The summed E-state index contributed by atoms with van der Waals surface area (Å²) in [6, 6.07) is 3.62. The maximum atomic E-state index is 12.2. The number of halogens is 2. The number of imide groups is 2. The molecule has 140 valence electrons. The third-order valence-corrected chi connectivity index (χ3v) is 4.35. The van der Waals surface area contributed by atoms with E-state index < -0.39 is 36.3 Å². The van der Waals surface area contributed by atoms with Gasteiger partial charge in [-0.3, -0.25) is 19.3 Å². The molecule has 9 heteroatoms. The number of carbonyl (C=O) groups excluding carboxylic acids is 4. The van der Waals surface area contributed by atoms with Crippen molar-refractivity contribution in [2.75, 3.05) is 13.1 Å². The minimum absolute atomic E-state index is 0.0107. The largest absolute Gasteiger partial charge is 0.348 e. The molecular formula is C17H19Cl2N3O4. The maximum absolute atomic E-state index is 12.2. The Bertz CT molecular complexity index is 766. The first-order valence-electron chi connectivity index (χ1n) is 8.03. The number of hydrogen-bond donors (Lipinski definition) is 1. The smallest absolute Gasteiger partial charge is 0.334 e. The molecule has 1 heterocycles. The molecule has 1 fully saturated rings. The molecule has 0 aliphatic carbocycles. The topological polar surface area (TPSA) is 86.8 Å². The maximum Gasteiger partial charge on any atom is 0.334 e. The van der Waals surface area contributed by atoms with Crippen molar-refractivity contribution in [1.29, 1.82) is 0 Å². The van der Waals surface area contributed by atoms with Gasteiger partial charge >= 0.3 is 17.8 Å². The minimum atomic E-state index is -0.997. The van der Waals surface area contributed by atoms with Crippen LogP contribution in [0, 0.1) is 5.92 Å². The van der Waals surface area contributed by atoms with Gasteiger partial charge in [0.25, 0.3) is 0 Å². The molecular weight excluding hydrogens is 381 g/mol. The van der Waals surface area contributed by atoms with Gasteiger partial charge in [-0.2, -0.15) is 0 Å². The van der Waals surface area contributed by atoms with E-state index in [1.165, 1.54) is 0 Å². The minimum Gasteiger partial charge on any atom is -0.348 e. The van der Waals surface area contributed by atoms with Gasteiger partial charge in [-0.15, -0.1) is 0 Å². The number of rotatable bonds is 6. The molecule has 26 heavy (non-hydrogen) atoms. The van der Waals surface area contributed by atoms with Gasteiger partial charge < -0.3 is 5.32 Å². The van der Waals surface area contributed by atoms with E-state index >= 15 is 0 Å². The second kappa shape index (κ2) is 8.05. The van der Waals surface area contributed by atoms with Crippen LogP contribution in [0.25, 0.3) is 0 Å². The van der Waals surface area contributed by atoms with E-state index in [0.29, 0.717) is 20.5 Å². The molecule has 1 aromatic rings. The lowest BCUT2D eigenvalue weighted by molar-refractivity contribution is -0.144. The Labute approximate surface area is 161 Å². The second-order valence-electron chi connectivity index (χ2n) is 6.44. The fourth-order valence-electron chi connectivity index (χ4n) is 2.58. The van der Waals surface area contributed by atoms with Gasteiger partial charge in [0.1, 0.15) is 6.54 Å². The van der Waals surface area contributed by atoms with E-state index in [1.54, 1.807) is 25.1 Å². The summed E-state index contributed by atoms with van der Waals surface area (Å²) >= 11 is 12.0. The predicted octanol–water partition coefficient (Wildman–Crippen LogP) is 2.62. The number of nitrogens with zero attached hydrogens (tertiary/aromatic N) is 2. The van der Waals surface area contributed by atoms with Crippen LogP contribution in [0.4, 0.5) is 4.79 Å². The zero-order valence-electron chi connectivity index (χ0n) is 14.6. The summed E-state index contributed by atoms with van der Waals surface area (Å²) in [5, 5.41) is 3.51. The Morgan fingerprint density at radius 1 is 1.08 bits per heavy atom. The van der Waals surface area contributed by atoms with Crippen molar-refractivity contribution in [2.24, 2.45) is 5.92 Å². The van der Waals surface area contributed by atoms with Crippen LogP contribution >= 0.6 is 23.2 Å².